The number of carboxylic acid groups (broad SMARTS) is 1. The van der Waals surface area contributed by atoms with Crippen LogP contribution in [0.25, 0.3) is 16.9 Å². The first-order chi connectivity index (χ1) is 17.6. The average molecular weight is 532 g/mol. The van der Waals surface area contributed by atoms with Crippen LogP contribution >= 0.6 is 11.6 Å². The summed E-state index contributed by atoms with van der Waals surface area (Å²) >= 11 is 5.68. The maximum atomic E-state index is 14.3. The Morgan fingerprint density at radius 2 is 1.81 bits per heavy atom. The summed E-state index contributed by atoms with van der Waals surface area (Å²) in [4.78, 5) is 32.7. The molecule has 5 rings (SSSR count). The number of benzene rings is 1. The number of aliphatic carboxylic acids is 1. The van der Waals surface area contributed by atoms with Crippen molar-refractivity contribution < 1.29 is 23.5 Å². The molecule has 3 heterocycles. The first kappa shape index (κ1) is 25.4. The van der Waals surface area contributed by atoms with Gasteiger partial charge in [0.15, 0.2) is 11.3 Å². The van der Waals surface area contributed by atoms with Gasteiger partial charge in [0.05, 0.1) is 5.69 Å². The first-order valence-electron chi connectivity index (χ1n) is 12.4. The Labute approximate surface area is 217 Å². The van der Waals surface area contributed by atoms with Crippen molar-refractivity contribution in [1.82, 2.24) is 19.5 Å². The van der Waals surface area contributed by atoms with Crippen LogP contribution in [0, 0.1) is 29.4 Å². The Kier molecular flexibility index (Phi) is 6.55. The second kappa shape index (κ2) is 9.55. The number of carbonyl (C=O) groups is 2. The van der Waals surface area contributed by atoms with Crippen molar-refractivity contribution in [3.63, 3.8) is 0 Å². The quantitative estimate of drug-likeness (QED) is 0.422. The third-order valence-electron chi connectivity index (χ3n) is 7.36. The van der Waals surface area contributed by atoms with Crippen molar-refractivity contribution in [2.45, 2.75) is 39.7 Å². The number of nitrogens with zero attached hydrogens (tertiary/aromatic N) is 5. The number of anilines is 1. The molecule has 1 saturated heterocycles. The number of hydrogen-bond donors (Lipinski definition) is 1. The lowest BCUT2D eigenvalue weighted by atomic mass is 10.1. The molecule has 0 radical (unpaired) electrons. The molecule has 0 bridgehead atoms. The number of amides is 1. The highest BCUT2D eigenvalue weighted by Gasteiger charge is 2.57. The molecule has 1 saturated carbocycles. The van der Waals surface area contributed by atoms with E-state index in [4.69, 9.17) is 16.7 Å². The topological polar surface area (TPSA) is 91.0 Å². The Balaban J connectivity index is 1.52. The highest BCUT2D eigenvalue weighted by Crippen LogP contribution is 2.53. The van der Waals surface area contributed by atoms with Gasteiger partial charge in [0, 0.05) is 49.8 Å². The van der Waals surface area contributed by atoms with Gasteiger partial charge >= 0.3 is 5.97 Å². The summed E-state index contributed by atoms with van der Waals surface area (Å²) in [5.74, 6) is -1.60. The van der Waals surface area contributed by atoms with Crippen LogP contribution in [0.15, 0.2) is 24.3 Å². The third kappa shape index (κ3) is 4.63. The lowest BCUT2D eigenvalue weighted by Gasteiger charge is -2.29. The van der Waals surface area contributed by atoms with E-state index in [1.807, 2.05) is 20.8 Å². The highest BCUT2D eigenvalue weighted by atomic mass is 35.5. The molecule has 3 aromatic rings. The predicted octanol–water partition coefficient (Wildman–Crippen LogP) is 4.75. The van der Waals surface area contributed by atoms with Crippen molar-refractivity contribution in [1.29, 1.82) is 0 Å². The van der Waals surface area contributed by atoms with Crippen molar-refractivity contribution in [3.8, 4) is 11.3 Å². The summed E-state index contributed by atoms with van der Waals surface area (Å²) in [6, 6.07) is 5.66. The minimum absolute atomic E-state index is 0.0808. The molecule has 2 fully saturated rings. The summed E-state index contributed by atoms with van der Waals surface area (Å²) in [5, 5.41) is 13.1. The summed E-state index contributed by atoms with van der Waals surface area (Å²) in [6.07, 6.45) is 0.985. The SMILES string of the molecule is CCCN(c1cc(-c2cc(F)c(Cl)c(F)c2)nc2cc(C(=O)N3CC4C(CC(=O)O)C4C3)nn12)C(C)C. The van der Waals surface area contributed by atoms with Crippen molar-refractivity contribution in [3.05, 3.63) is 46.6 Å². The number of aromatic nitrogens is 3. The van der Waals surface area contributed by atoms with E-state index in [1.165, 1.54) is 0 Å². The molecule has 1 N–H and O–H groups in total. The third-order valence-corrected chi connectivity index (χ3v) is 7.72. The van der Waals surface area contributed by atoms with Crippen molar-refractivity contribution in [2.75, 3.05) is 24.5 Å². The van der Waals surface area contributed by atoms with Gasteiger partial charge in [-0.1, -0.05) is 18.5 Å². The monoisotopic (exact) mass is 531 g/mol. The Morgan fingerprint density at radius 3 is 2.38 bits per heavy atom. The number of halogens is 3. The van der Waals surface area contributed by atoms with E-state index in [0.717, 1.165) is 18.6 Å². The van der Waals surface area contributed by atoms with E-state index < -0.39 is 22.6 Å². The molecule has 2 unspecified atom stereocenters. The summed E-state index contributed by atoms with van der Waals surface area (Å²) in [7, 11) is 0. The van der Waals surface area contributed by atoms with Crippen LogP contribution in [-0.2, 0) is 4.79 Å². The van der Waals surface area contributed by atoms with E-state index in [0.29, 0.717) is 36.8 Å². The smallest absolute Gasteiger partial charge is 0.303 e. The lowest BCUT2D eigenvalue weighted by Crippen LogP contribution is -2.34. The zero-order valence-electron chi connectivity index (χ0n) is 20.8. The van der Waals surface area contributed by atoms with Gasteiger partial charge < -0.3 is 14.9 Å². The number of fused-ring (bicyclic) bond motifs is 2. The fourth-order valence-electron chi connectivity index (χ4n) is 5.48. The molecular formula is C26H28ClF2N5O3. The van der Waals surface area contributed by atoms with Crippen LogP contribution in [0.4, 0.5) is 14.6 Å². The minimum atomic E-state index is -0.882. The Hall–Kier alpha value is -3.27. The van der Waals surface area contributed by atoms with Crippen LogP contribution in [-0.4, -0.2) is 62.2 Å². The Bertz CT molecular complexity index is 1360. The number of carbonyl (C=O) groups excluding carboxylic acids is 1. The largest absolute Gasteiger partial charge is 0.481 e. The average Bonchev–Trinajstić information content (AvgIpc) is 3.20. The fraction of sp³-hybridized carbons (Fsp3) is 0.462. The zero-order valence-corrected chi connectivity index (χ0v) is 21.5. The molecule has 1 aliphatic heterocycles. The normalized spacial score (nSPS) is 20.5. The first-order valence-corrected chi connectivity index (χ1v) is 12.8. The number of rotatable bonds is 8. The van der Waals surface area contributed by atoms with Gasteiger partial charge in [0.1, 0.15) is 22.5 Å². The van der Waals surface area contributed by atoms with Gasteiger partial charge in [0.2, 0.25) is 0 Å². The summed E-state index contributed by atoms with van der Waals surface area (Å²) in [6.45, 7) is 7.83. The molecule has 8 nitrogen and oxygen atoms in total. The molecule has 2 aliphatic rings. The van der Waals surface area contributed by atoms with Gasteiger partial charge in [-0.15, -0.1) is 0 Å². The van der Waals surface area contributed by atoms with E-state index in [2.05, 4.69) is 15.0 Å². The van der Waals surface area contributed by atoms with Crippen LogP contribution < -0.4 is 4.90 Å². The van der Waals surface area contributed by atoms with Gasteiger partial charge in [-0.2, -0.15) is 9.61 Å². The molecule has 2 atom stereocenters. The minimum Gasteiger partial charge on any atom is -0.481 e. The van der Waals surface area contributed by atoms with E-state index >= 15 is 0 Å². The second-order valence-corrected chi connectivity index (χ2v) is 10.5. The molecule has 0 spiro atoms. The van der Waals surface area contributed by atoms with Gasteiger partial charge in [0.25, 0.3) is 5.91 Å². The van der Waals surface area contributed by atoms with Crippen LogP contribution in [0.5, 0.6) is 0 Å². The van der Waals surface area contributed by atoms with E-state index in [-0.39, 0.29) is 47.4 Å². The van der Waals surface area contributed by atoms with Crippen LogP contribution in [0.2, 0.25) is 5.02 Å². The molecule has 11 heteroatoms. The van der Waals surface area contributed by atoms with Gasteiger partial charge in [-0.3, -0.25) is 9.59 Å². The van der Waals surface area contributed by atoms with Crippen LogP contribution in [0.1, 0.15) is 44.1 Å². The van der Waals surface area contributed by atoms with Crippen molar-refractivity contribution >= 4 is 34.9 Å². The summed E-state index contributed by atoms with van der Waals surface area (Å²) in [5.41, 5.74) is 1.15. The van der Waals surface area contributed by atoms with E-state index in [9.17, 15) is 18.4 Å². The highest BCUT2D eigenvalue weighted by molar-refractivity contribution is 6.31. The maximum absolute atomic E-state index is 14.3. The van der Waals surface area contributed by atoms with Gasteiger partial charge in [-0.05, 0) is 50.2 Å². The fourth-order valence-corrected chi connectivity index (χ4v) is 5.59. The summed E-state index contributed by atoms with van der Waals surface area (Å²) < 4.78 is 30.1. The number of carboxylic acids is 1. The molecule has 196 valence electrons. The number of likely N-dealkylation sites (tertiary alicyclic amines) is 1. The second-order valence-electron chi connectivity index (χ2n) is 10.1. The molecule has 37 heavy (non-hydrogen) atoms. The number of hydrogen-bond acceptors (Lipinski definition) is 5. The predicted molar refractivity (Wildman–Crippen MR) is 135 cm³/mol. The lowest BCUT2D eigenvalue weighted by molar-refractivity contribution is -0.137. The molecule has 1 aromatic carbocycles. The van der Waals surface area contributed by atoms with E-state index in [1.54, 1.807) is 21.5 Å². The van der Waals surface area contributed by atoms with Crippen LogP contribution in [0.3, 0.4) is 0 Å². The molecular weight excluding hydrogens is 504 g/mol. The zero-order chi connectivity index (χ0) is 26.6. The maximum Gasteiger partial charge on any atom is 0.303 e. The van der Waals surface area contributed by atoms with Crippen molar-refractivity contribution in [2.24, 2.45) is 17.8 Å². The standard InChI is InChI=1S/C26H28ClF2N5O3/c1-4-5-33(13(2)3)23-10-20(14-6-18(28)25(27)19(29)7-14)30-22-9-21(31-34(22)23)26(37)32-11-16-15(8-24(35)36)17(16)12-32/h6-7,9-10,13,15-17H,4-5,8,11-12H2,1-3H3,(H,35,36). The molecule has 2 aromatic heterocycles. The number of piperidine rings is 1. The molecule has 1 aliphatic carbocycles. The van der Waals surface area contributed by atoms with Gasteiger partial charge in [-0.25, -0.2) is 13.8 Å². The Morgan fingerprint density at radius 1 is 1.16 bits per heavy atom. The molecule has 1 amide bonds.